The van der Waals surface area contributed by atoms with E-state index in [1.54, 1.807) is 21.3 Å². The number of hydrogen-bond donors (Lipinski definition) is 0. The monoisotopic (exact) mass is 664 g/mol. The Morgan fingerprint density at radius 2 is 0.878 bits per heavy atom. The molecule has 1 aliphatic carbocycles. The molecule has 0 saturated heterocycles. The van der Waals surface area contributed by atoms with Crippen molar-refractivity contribution in [3.05, 3.63) is 91.9 Å². The Hall–Kier alpha value is -1.66. The molecule has 41 heavy (non-hydrogen) atoms. The van der Waals surface area contributed by atoms with E-state index in [0.29, 0.717) is 0 Å². The second-order valence-corrected chi connectivity index (χ2v) is 15.7. The zero-order valence-corrected chi connectivity index (χ0v) is 30.4. The number of methoxy groups -OCH3 is 3. The van der Waals surface area contributed by atoms with Crippen LogP contribution < -0.4 is 67.0 Å². The van der Waals surface area contributed by atoms with Crippen molar-refractivity contribution in [2.24, 2.45) is 0 Å². The van der Waals surface area contributed by atoms with Gasteiger partial charge in [-0.1, -0.05) is 0 Å². The maximum Gasteiger partial charge on any atom is -1.00 e. The topological polar surface area (TPSA) is 27.7 Å². The molecule has 0 radical (unpaired) electrons. The van der Waals surface area contributed by atoms with Crippen LogP contribution in [0.2, 0.25) is 5.04 Å². The number of allylic oxidation sites excluding steroid dienone is 4. The summed E-state index contributed by atoms with van der Waals surface area (Å²) in [5.74, 6) is 2.74. The Labute approximate surface area is 277 Å². The fourth-order valence-electron chi connectivity index (χ4n) is 6.58. The number of rotatable bonds is 7. The van der Waals surface area contributed by atoms with Gasteiger partial charge in [0.15, 0.2) is 0 Å². The van der Waals surface area contributed by atoms with Gasteiger partial charge in [-0.3, -0.25) is 0 Å². The second-order valence-electron chi connectivity index (χ2n) is 10.7. The maximum absolute atomic E-state index is 5.71. The minimum atomic E-state index is -2.81. The van der Waals surface area contributed by atoms with Crippen LogP contribution in [-0.2, 0) is 20.4 Å². The van der Waals surface area contributed by atoms with Crippen LogP contribution in [0.15, 0.2) is 75.2 Å². The van der Waals surface area contributed by atoms with Crippen LogP contribution in [-0.4, -0.2) is 29.4 Å². The Morgan fingerprint density at radius 3 is 1.10 bits per heavy atom. The Bertz CT molecular complexity index is 1330. The predicted octanol–water partition coefficient (Wildman–Crippen LogP) is -2.95. The molecule has 0 amide bonds. The zero-order chi connectivity index (χ0) is 28.0. The summed E-state index contributed by atoms with van der Waals surface area (Å²) < 4.78 is 18.6. The molecule has 8 heteroatoms. The molecule has 0 saturated carbocycles. The third-order valence-corrected chi connectivity index (χ3v) is 16.4. The number of ether oxygens (including phenoxy) is 3. The van der Waals surface area contributed by atoms with Crippen molar-refractivity contribution in [3.8, 4) is 17.2 Å². The number of benzene rings is 3. The fraction of sp³-hybridized carbons (Fsp3) is 0.333. The molecule has 0 spiro atoms. The first-order valence-corrected chi connectivity index (χ1v) is 15.8. The third-order valence-electron chi connectivity index (χ3n) is 8.98. The average molecular weight is 666 g/mol. The minimum absolute atomic E-state index is 0. The van der Waals surface area contributed by atoms with Crippen LogP contribution >= 0.6 is 0 Å². The molecule has 3 aromatic rings. The summed E-state index contributed by atoms with van der Waals surface area (Å²) in [5, 5.41) is 3.92. The molecule has 1 unspecified atom stereocenters. The summed E-state index contributed by atoms with van der Waals surface area (Å²) in [6, 6.07) is 20.5. The van der Waals surface area contributed by atoms with Crippen molar-refractivity contribution in [3.63, 3.8) is 0 Å². The Kier molecular flexibility index (Phi) is 12.9. The Morgan fingerprint density at radius 1 is 0.561 bits per heavy atom. The van der Waals surface area contributed by atoms with E-state index >= 15 is 0 Å². The van der Waals surface area contributed by atoms with Gasteiger partial charge in [-0.05, 0) is 0 Å². The van der Waals surface area contributed by atoms with E-state index in [4.69, 9.17) is 14.2 Å². The summed E-state index contributed by atoms with van der Waals surface area (Å²) in [6.45, 7) is 15.9. The normalized spacial score (nSPS) is 16.5. The third kappa shape index (κ3) is 5.69. The largest absolute Gasteiger partial charge is 1.00 e. The zero-order valence-electron chi connectivity index (χ0n) is 25.6. The molecule has 218 valence electrons. The molecule has 1 atom stereocenters. The SMILES string of the molecule is COc1ccc([Si](c2ccc(OC)c(C)c2)(c2ccc(OC)c(C)c2)C2(C)C(C)=C(C)C(C)=[C]2[Ti+3])cc1C.[Cl-].[Cl-].[Cl-]. The smallest absolute Gasteiger partial charge is 1.00 e. The van der Waals surface area contributed by atoms with Crippen LogP contribution in [0.1, 0.15) is 44.4 Å². The molecule has 0 aliphatic heterocycles. The van der Waals surface area contributed by atoms with Gasteiger partial charge in [0.05, 0.1) is 0 Å². The molecule has 0 N–H and O–H groups in total. The van der Waals surface area contributed by atoms with Gasteiger partial charge in [-0.2, -0.15) is 0 Å². The number of hydrogen-bond acceptors (Lipinski definition) is 3. The second kappa shape index (κ2) is 14.2. The summed E-state index contributed by atoms with van der Waals surface area (Å²) >= 11 is 2.35. The van der Waals surface area contributed by atoms with Crippen LogP contribution in [0.5, 0.6) is 17.2 Å². The first kappa shape index (κ1) is 37.4. The van der Waals surface area contributed by atoms with Crippen molar-refractivity contribution in [1.82, 2.24) is 0 Å². The summed E-state index contributed by atoms with van der Waals surface area (Å²) in [7, 11) is 2.43. The van der Waals surface area contributed by atoms with Crippen molar-refractivity contribution in [1.29, 1.82) is 0 Å². The van der Waals surface area contributed by atoms with E-state index in [2.05, 4.69) is 123 Å². The van der Waals surface area contributed by atoms with E-state index in [1.807, 2.05) is 0 Å². The van der Waals surface area contributed by atoms with E-state index in [-0.39, 0.29) is 42.3 Å². The molecule has 0 bridgehead atoms. The van der Waals surface area contributed by atoms with E-state index in [9.17, 15) is 0 Å². The minimum Gasteiger partial charge on any atom is -1.00 e. The summed E-state index contributed by atoms with van der Waals surface area (Å²) in [4.78, 5) is 0. The number of halogens is 3. The quantitative estimate of drug-likeness (QED) is 0.200. The van der Waals surface area contributed by atoms with E-state index < -0.39 is 8.07 Å². The van der Waals surface area contributed by atoms with Gasteiger partial charge >= 0.3 is 242 Å². The molecular weight excluding hydrogens is 627 g/mol. The Balaban J connectivity index is 0.00000280. The molecular formula is C33H39Cl3O3SiTi. The van der Waals surface area contributed by atoms with Crippen LogP contribution in [0.25, 0.3) is 0 Å². The molecule has 1 aliphatic rings. The standard InChI is InChI=1S/C33H39O3Si.3ClH.Ti/c1-21-17-27(11-14-30(21)34-8)37(28-12-15-31(35-9)22(2)18-28,29-13-16-32(36-10)23(3)19-29)33(7)20-24(4)25(5)26(33)6;;;;/h11-19H,1-10H3;3*1H;/q;;;;+3/p-3. The number of aryl methyl sites for hydroxylation is 3. The maximum atomic E-state index is 5.71. The molecule has 4 rings (SSSR count). The van der Waals surface area contributed by atoms with Gasteiger partial charge in [-0.15, -0.1) is 0 Å². The van der Waals surface area contributed by atoms with Crippen molar-refractivity contribution in [2.75, 3.05) is 21.3 Å². The predicted molar refractivity (Wildman–Crippen MR) is 157 cm³/mol. The van der Waals surface area contributed by atoms with Crippen LogP contribution in [0.4, 0.5) is 0 Å². The van der Waals surface area contributed by atoms with Gasteiger partial charge in [0.25, 0.3) is 0 Å². The van der Waals surface area contributed by atoms with E-state index in [1.165, 1.54) is 36.2 Å². The van der Waals surface area contributed by atoms with Gasteiger partial charge < -0.3 is 37.2 Å². The summed E-state index contributed by atoms with van der Waals surface area (Å²) in [6.07, 6.45) is 0. The first-order valence-electron chi connectivity index (χ1n) is 13.1. The fourth-order valence-corrected chi connectivity index (χ4v) is 14.4. The molecule has 0 fully saturated rings. The summed E-state index contributed by atoms with van der Waals surface area (Å²) in [5.41, 5.74) is 7.71. The van der Waals surface area contributed by atoms with E-state index in [0.717, 1.165) is 33.9 Å². The molecule has 3 aromatic carbocycles. The average Bonchev–Trinajstić information content (AvgIpc) is 3.05. The van der Waals surface area contributed by atoms with Gasteiger partial charge in [0.1, 0.15) is 0 Å². The molecule has 0 aromatic heterocycles. The van der Waals surface area contributed by atoms with Gasteiger partial charge in [0.2, 0.25) is 0 Å². The molecule has 3 nitrogen and oxygen atoms in total. The van der Waals surface area contributed by atoms with Crippen LogP contribution in [0.3, 0.4) is 0 Å². The first-order chi connectivity index (χ1) is 18.0. The van der Waals surface area contributed by atoms with Crippen molar-refractivity contribution >= 4 is 23.6 Å². The molecule has 0 heterocycles. The van der Waals surface area contributed by atoms with Gasteiger partial charge in [0, 0.05) is 0 Å². The van der Waals surface area contributed by atoms with Crippen molar-refractivity contribution < 1.29 is 71.9 Å². The van der Waals surface area contributed by atoms with Crippen LogP contribution in [0, 0.1) is 20.8 Å². The van der Waals surface area contributed by atoms with Crippen molar-refractivity contribution in [2.45, 2.75) is 53.5 Å². The van der Waals surface area contributed by atoms with Gasteiger partial charge in [-0.25, -0.2) is 0 Å².